The van der Waals surface area contributed by atoms with Crippen molar-refractivity contribution in [3.05, 3.63) is 22.3 Å². The van der Waals surface area contributed by atoms with Crippen molar-refractivity contribution in [2.45, 2.75) is 38.8 Å². The minimum Gasteiger partial charge on any atom is -0.478 e. The third-order valence-corrected chi connectivity index (χ3v) is 3.48. The number of aromatic carboxylic acids is 1. The predicted molar refractivity (Wildman–Crippen MR) is 72.9 cm³/mol. The van der Waals surface area contributed by atoms with Crippen LogP contribution in [0.2, 0.25) is 0 Å². The second-order valence-electron chi connectivity index (χ2n) is 5.16. The van der Waals surface area contributed by atoms with Crippen molar-refractivity contribution in [1.29, 1.82) is 0 Å². The SMILES string of the molecule is CC(C)(O)C(C)(C)Nc1ncc(Br)cc1C(=O)O. The Morgan fingerprint density at radius 3 is 2.39 bits per heavy atom. The van der Waals surface area contributed by atoms with Gasteiger partial charge in [-0.1, -0.05) is 0 Å². The average molecular weight is 317 g/mol. The number of anilines is 1. The molecule has 1 aromatic heterocycles. The maximum atomic E-state index is 11.1. The van der Waals surface area contributed by atoms with Crippen LogP contribution in [0.15, 0.2) is 16.7 Å². The fourth-order valence-corrected chi connectivity index (χ4v) is 1.48. The molecule has 3 N–H and O–H groups in total. The van der Waals surface area contributed by atoms with Gasteiger partial charge in [0.2, 0.25) is 0 Å². The number of carbonyl (C=O) groups is 1. The van der Waals surface area contributed by atoms with Crippen LogP contribution in [0.1, 0.15) is 38.1 Å². The molecule has 1 rings (SSSR count). The van der Waals surface area contributed by atoms with Crippen molar-refractivity contribution in [3.8, 4) is 0 Å². The summed E-state index contributed by atoms with van der Waals surface area (Å²) in [4.78, 5) is 15.2. The number of nitrogens with one attached hydrogen (secondary N) is 1. The number of carboxylic acids is 1. The van der Waals surface area contributed by atoms with Crippen LogP contribution in [-0.4, -0.2) is 32.3 Å². The highest BCUT2D eigenvalue weighted by molar-refractivity contribution is 9.10. The summed E-state index contributed by atoms with van der Waals surface area (Å²) >= 11 is 3.18. The summed E-state index contributed by atoms with van der Waals surface area (Å²) in [7, 11) is 0. The van der Waals surface area contributed by atoms with Crippen LogP contribution in [0.25, 0.3) is 0 Å². The van der Waals surface area contributed by atoms with Gasteiger partial charge in [0.1, 0.15) is 11.4 Å². The Bertz CT molecular complexity index is 467. The van der Waals surface area contributed by atoms with Gasteiger partial charge in [-0.3, -0.25) is 0 Å². The first-order valence-electron chi connectivity index (χ1n) is 5.44. The molecule has 18 heavy (non-hydrogen) atoms. The minimum atomic E-state index is -1.07. The van der Waals surface area contributed by atoms with Crippen molar-refractivity contribution in [2.24, 2.45) is 0 Å². The van der Waals surface area contributed by atoms with E-state index >= 15 is 0 Å². The molecule has 0 spiro atoms. The lowest BCUT2D eigenvalue weighted by Crippen LogP contribution is -2.51. The highest BCUT2D eigenvalue weighted by atomic mass is 79.9. The quantitative estimate of drug-likeness (QED) is 0.795. The van der Waals surface area contributed by atoms with Gasteiger partial charge in [-0.2, -0.15) is 0 Å². The smallest absolute Gasteiger partial charge is 0.339 e. The van der Waals surface area contributed by atoms with E-state index in [1.807, 2.05) is 0 Å². The van der Waals surface area contributed by atoms with E-state index < -0.39 is 17.1 Å². The second-order valence-corrected chi connectivity index (χ2v) is 6.08. The number of halogens is 1. The molecule has 0 saturated heterocycles. The van der Waals surface area contributed by atoms with Crippen molar-refractivity contribution in [3.63, 3.8) is 0 Å². The fraction of sp³-hybridized carbons (Fsp3) is 0.500. The first kappa shape index (κ1) is 14.9. The molecule has 0 aliphatic carbocycles. The molecule has 0 saturated carbocycles. The third-order valence-electron chi connectivity index (χ3n) is 3.05. The van der Waals surface area contributed by atoms with Crippen LogP contribution < -0.4 is 5.32 Å². The van der Waals surface area contributed by atoms with Gasteiger partial charge < -0.3 is 15.5 Å². The van der Waals surface area contributed by atoms with Crippen molar-refractivity contribution >= 4 is 27.7 Å². The molecular weight excluding hydrogens is 300 g/mol. The maximum Gasteiger partial charge on any atom is 0.339 e. The van der Waals surface area contributed by atoms with E-state index in [1.54, 1.807) is 27.7 Å². The average Bonchev–Trinajstić information content (AvgIpc) is 2.18. The number of pyridine rings is 1. The molecule has 0 unspecified atom stereocenters. The molecule has 0 atom stereocenters. The monoisotopic (exact) mass is 316 g/mol. The Morgan fingerprint density at radius 1 is 1.39 bits per heavy atom. The third kappa shape index (κ3) is 3.20. The predicted octanol–water partition coefficient (Wildman–Crippen LogP) is 2.50. The zero-order valence-corrected chi connectivity index (χ0v) is 12.4. The van der Waals surface area contributed by atoms with Gasteiger partial charge in [0.25, 0.3) is 0 Å². The van der Waals surface area contributed by atoms with E-state index in [1.165, 1.54) is 12.3 Å². The molecule has 0 bridgehead atoms. The molecule has 1 heterocycles. The van der Waals surface area contributed by atoms with E-state index in [2.05, 4.69) is 26.2 Å². The molecule has 6 heteroatoms. The van der Waals surface area contributed by atoms with Crippen molar-refractivity contribution in [2.75, 3.05) is 5.32 Å². The minimum absolute atomic E-state index is 0.0571. The molecule has 0 aromatic carbocycles. The number of rotatable bonds is 4. The van der Waals surface area contributed by atoms with Crippen LogP contribution in [-0.2, 0) is 0 Å². The molecule has 0 amide bonds. The number of nitrogens with zero attached hydrogens (tertiary/aromatic N) is 1. The Hall–Kier alpha value is -1.14. The molecule has 0 aliphatic heterocycles. The standard InChI is InChI=1S/C12H17BrN2O3/c1-11(2,12(3,4)18)15-9-8(10(16)17)5-7(13)6-14-9/h5-6,18H,1-4H3,(H,14,15)(H,16,17). The number of carboxylic acid groups (broad SMARTS) is 1. The van der Waals surface area contributed by atoms with Crippen LogP contribution in [0.3, 0.4) is 0 Å². The lowest BCUT2D eigenvalue weighted by Gasteiger charge is -2.38. The van der Waals surface area contributed by atoms with E-state index in [-0.39, 0.29) is 11.4 Å². The van der Waals surface area contributed by atoms with Gasteiger partial charge >= 0.3 is 5.97 Å². The van der Waals surface area contributed by atoms with Gasteiger partial charge in [0.15, 0.2) is 0 Å². The summed E-state index contributed by atoms with van der Waals surface area (Å²) in [6.45, 7) is 6.86. The van der Waals surface area contributed by atoms with Gasteiger partial charge in [-0.25, -0.2) is 9.78 Å². The summed E-state index contributed by atoms with van der Waals surface area (Å²) in [6.07, 6.45) is 1.51. The highest BCUT2D eigenvalue weighted by Crippen LogP contribution is 2.27. The summed E-state index contributed by atoms with van der Waals surface area (Å²) < 4.78 is 0.589. The fourth-order valence-electron chi connectivity index (χ4n) is 1.15. The zero-order chi connectivity index (χ0) is 14.1. The molecule has 0 fully saturated rings. The molecule has 0 radical (unpaired) electrons. The lowest BCUT2D eigenvalue weighted by molar-refractivity contribution is 0.0237. The number of hydrogen-bond acceptors (Lipinski definition) is 4. The molecule has 100 valence electrons. The first-order chi connectivity index (χ1) is 8.04. The van der Waals surface area contributed by atoms with E-state index in [4.69, 9.17) is 5.11 Å². The van der Waals surface area contributed by atoms with E-state index in [0.29, 0.717) is 4.47 Å². The molecular formula is C12H17BrN2O3. The number of hydrogen-bond donors (Lipinski definition) is 3. The highest BCUT2D eigenvalue weighted by Gasteiger charge is 2.36. The lowest BCUT2D eigenvalue weighted by atomic mass is 9.86. The van der Waals surface area contributed by atoms with Crippen LogP contribution in [0, 0.1) is 0 Å². The van der Waals surface area contributed by atoms with Crippen LogP contribution >= 0.6 is 15.9 Å². The van der Waals surface area contributed by atoms with E-state index in [9.17, 15) is 9.90 Å². The van der Waals surface area contributed by atoms with Gasteiger partial charge in [-0.05, 0) is 49.7 Å². The van der Waals surface area contributed by atoms with Gasteiger partial charge in [0, 0.05) is 10.7 Å². The zero-order valence-electron chi connectivity index (χ0n) is 10.8. The normalized spacial score (nSPS) is 12.3. The topological polar surface area (TPSA) is 82.5 Å². The molecule has 5 nitrogen and oxygen atoms in total. The van der Waals surface area contributed by atoms with Crippen LogP contribution in [0.5, 0.6) is 0 Å². The van der Waals surface area contributed by atoms with Crippen LogP contribution in [0.4, 0.5) is 5.82 Å². The summed E-state index contributed by atoms with van der Waals surface area (Å²) in [5.41, 5.74) is -1.70. The summed E-state index contributed by atoms with van der Waals surface area (Å²) in [5, 5.41) is 22.1. The Morgan fingerprint density at radius 2 is 1.94 bits per heavy atom. The summed E-state index contributed by atoms with van der Waals surface area (Å²) in [6, 6.07) is 1.47. The number of aromatic nitrogens is 1. The van der Waals surface area contributed by atoms with Gasteiger partial charge in [0.05, 0.1) is 11.1 Å². The molecule has 1 aromatic rings. The maximum absolute atomic E-state index is 11.1. The van der Waals surface area contributed by atoms with E-state index in [0.717, 1.165) is 0 Å². The first-order valence-corrected chi connectivity index (χ1v) is 6.23. The second kappa shape index (κ2) is 4.85. The van der Waals surface area contributed by atoms with Gasteiger partial charge in [-0.15, -0.1) is 0 Å². The summed E-state index contributed by atoms with van der Waals surface area (Å²) in [5.74, 6) is -0.837. The Balaban J connectivity index is 3.16. The largest absolute Gasteiger partial charge is 0.478 e. The molecule has 0 aliphatic rings. The van der Waals surface area contributed by atoms with Crippen molar-refractivity contribution < 1.29 is 15.0 Å². The van der Waals surface area contributed by atoms with Crippen molar-refractivity contribution in [1.82, 2.24) is 4.98 Å². The Kier molecular flexibility index (Phi) is 4.02. The number of aliphatic hydroxyl groups is 1. The Labute approximate surface area is 114 Å².